The van der Waals surface area contributed by atoms with Crippen molar-refractivity contribution in [2.24, 2.45) is 0 Å². The average Bonchev–Trinajstić information content (AvgIpc) is 2.78. The maximum atomic E-state index is 10.8. The normalized spacial score (nSPS) is 10.4. The van der Waals surface area contributed by atoms with E-state index in [1.54, 1.807) is 19.2 Å². The minimum atomic E-state index is -0.423. The van der Waals surface area contributed by atoms with Crippen LogP contribution in [0.1, 0.15) is 18.1 Å². The highest BCUT2D eigenvalue weighted by molar-refractivity contribution is 9.10. The maximum absolute atomic E-state index is 10.8. The number of nitrogens with one attached hydrogen (secondary N) is 1. The highest BCUT2D eigenvalue weighted by atomic mass is 79.9. The van der Waals surface area contributed by atoms with Crippen molar-refractivity contribution in [1.82, 2.24) is 0 Å². The minimum absolute atomic E-state index is 0.0497. The molecule has 1 N–H and O–H groups in total. The number of methoxy groups -OCH3 is 1. The first-order chi connectivity index (χ1) is 15.0. The van der Waals surface area contributed by atoms with Gasteiger partial charge < -0.3 is 19.5 Å². The summed E-state index contributed by atoms with van der Waals surface area (Å²) in [5, 5.41) is 14.2. The fraction of sp³-hybridized carbons (Fsp3) is 0.217. The molecule has 3 aromatic carbocycles. The number of non-ortho nitro benzene ring substituents is 1. The monoisotopic (exact) mass is 486 g/mol. The lowest BCUT2D eigenvalue weighted by molar-refractivity contribution is -0.384. The Balaban J connectivity index is 1.70. The quantitative estimate of drug-likeness (QED) is 0.281. The Labute approximate surface area is 189 Å². The molecule has 0 saturated heterocycles. The third-order valence-electron chi connectivity index (χ3n) is 4.49. The number of hydrogen-bond donors (Lipinski definition) is 1. The largest absolute Gasteiger partial charge is 0.497 e. The molecule has 0 amide bonds. The lowest BCUT2D eigenvalue weighted by Crippen LogP contribution is -2.04. The zero-order valence-corrected chi connectivity index (χ0v) is 18.8. The molecule has 3 aromatic rings. The van der Waals surface area contributed by atoms with E-state index in [1.165, 1.54) is 12.1 Å². The summed E-state index contributed by atoms with van der Waals surface area (Å²) in [4.78, 5) is 10.4. The Morgan fingerprint density at radius 2 is 1.71 bits per heavy atom. The van der Waals surface area contributed by atoms with Crippen molar-refractivity contribution in [3.05, 3.63) is 86.4 Å². The topological polar surface area (TPSA) is 82.9 Å². The number of rotatable bonds is 10. The molecule has 0 bridgehead atoms. The van der Waals surface area contributed by atoms with Crippen molar-refractivity contribution in [3.63, 3.8) is 0 Å². The van der Waals surface area contributed by atoms with Crippen LogP contribution in [0.3, 0.4) is 0 Å². The van der Waals surface area contributed by atoms with E-state index in [-0.39, 0.29) is 12.3 Å². The van der Waals surface area contributed by atoms with Crippen LogP contribution < -0.4 is 19.5 Å². The second kappa shape index (κ2) is 10.7. The van der Waals surface area contributed by atoms with Gasteiger partial charge in [0, 0.05) is 24.4 Å². The van der Waals surface area contributed by atoms with Gasteiger partial charge in [-0.2, -0.15) is 0 Å². The number of anilines is 1. The molecule has 0 aliphatic carbocycles. The van der Waals surface area contributed by atoms with Crippen LogP contribution in [-0.4, -0.2) is 18.6 Å². The fourth-order valence-electron chi connectivity index (χ4n) is 2.91. The van der Waals surface area contributed by atoms with Crippen LogP contribution in [0.2, 0.25) is 0 Å². The Kier molecular flexibility index (Phi) is 7.72. The Bertz CT molecular complexity index is 1020. The van der Waals surface area contributed by atoms with E-state index in [1.807, 2.05) is 43.3 Å². The smallest absolute Gasteiger partial charge is 0.269 e. The lowest BCUT2D eigenvalue weighted by atomic mass is 10.2. The summed E-state index contributed by atoms with van der Waals surface area (Å²) in [7, 11) is 1.64. The van der Waals surface area contributed by atoms with Gasteiger partial charge in [-0.25, -0.2) is 0 Å². The van der Waals surface area contributed by atoms with Gasteiger partial charge in [-0.3, -0.25) is 10.1 Å². The lowest BCUT2D eigenvalue weighted by Gasteiger charge is -2.16. The van der Waals surface area contributed by atoms with Crippen molar-refractivity contribution >= 4 is 27.3 Å². The van der Waals surface area contributed by atoms with Crippen LogP contribution in [0.25, 0.3) is 0 Å². The van der Waals surface area contributed by atoms with Gasteiger partial charge in [0.2, 0.25) is 0 Å². The van der Waals surface area contributed by atoms with Crippen LogP contribution in [-0.2, 0) is 13.2 Å². The molecule has 0 radical (unpaired) electrons. The predicted molar refractivity (Wildman–Crippen MR) is 123 cm³/mol. The van der Waals surface area contributed by atoms with E-state index < -0.39 is 4.92 Å². The molecule has 8 heteroatoms. The molecule has 0 atom stereocenters. The van der Waals surface area contributed by atoms with Crippen molar-refractivity contribution in [2.75, 3.05) is 19.0 Å². The second-order valence-corrected chi connectivity index (χ2v) is 7.49. The third kappa shape index (κ3) is 6.11. The maximum Gasteiger partial charge on any atom is 0.269 e. The van der Waals surface area contributed by atoms with E-state index in [2.05, 4.69) is 21.2 Å². The third-order valence-corrected chi connectivity index (χ3v) is 5.08. The predicted octanol–water partition coefficient (Wildman–Crippen LogP) is 5.96. The van der Waals surface area contributed by atoms with E-state index in [4.69, 9.17) is 14.2 Å². The zero-order chi connectivity index (χ0) is 22.2. The summed E-state index contributed by atoms with van der Waals surface area (Å²) in [5.41, 5.74) is 2.88. The Morgan fingerprint density at radius 1 is 1.00 bits per heavy atom. The van der Waals surface area contributed by atoms with Crippen molar-refractivity contribution in [3.8, 4) is 17.2 Å². The molecule has 0 saturated carbocycles. The second-order valence-electron chi connectivity index (χ2n) is 6.63. The first-order valence-corrected chi connectivity index (χ1v) is 10.5. The van der Waals surface area contributed by atoms with Crippen molar-refractivity contribution < 1.29 is 19.1 Å². The van der Waals surface area contributed by atoms with Gasteiger partial charge in [0.25, 0.3) is 5.69 Å². The molecule has 0 unspecified atom stereocenters. The number of benzene rings is 3. The van der Waals surface area contributed by atoms with E-state index in [9.17, 15) is 10.1 Å². The van der Waals surface area contributed by atoms with Gasteiger partial charge in [0.1, 0.15) is 12.4 Å². The van der Waals surface area contributed by atoms with Crippen molar-refractivity contribution in [2.45, 2.75) is 20.1 Å². The van der Waals surface area contributed by atoms with E-state index >= 15 is 0 Å². The standard InChI is InChI=1S/C23H23BrN2O5/c1-3-30-22-13-17(14-25-18-6-10-20(29-2)11-7-18)12-21(24)23(22)31-15-16-4-8-19(9-5-16)26(27)28/h4-13,25H,3,14-15H2,1-2H3. The van der Waals surface area contributed by atoms with Crippen molar-refractivity contribution in [1.29, 1.82) is 0 Å². The van der Waals surface area contributed by atoms with Gasteiger partial charge >= 0.3 is 0 Å². The molecule has 0 aliphatic rings. The van der Waals surface area contributed by atoms with Gasteiger partial charge in [-0.05, 0) is 82.5 Å². The summed E-state index contributed by atoms with van der Waals surface area (Å²) in [6.07, 6.45) is 0. The average molecular weight is 487 g/mol. The van der Waals surface area contributed by atoms with Gasteiger partial charge in [0.05, 0.1) is 23.1 Å². The van der Waals surface area contributed by atoms with Crippen LogP contribution in [0, 0.1) is 10.1 Å². The number of nitrogens with zero attached hydrogens (tertiary/aromatic N) is 1. The molecule has 162 valence electrons. The van der Waals surface area contributed by atoms with Crippen LogP contribution in [0.4, 0.5) is 11.4 Å². The first-order valence-electron chi connectivity index (χ1n) is 9.69. The molecule has 7 nitrogen and oxygen atoms in total. The number of hydrogen-bond acceptors (Lipinski definition) is 6. The number of ether oxygens (including phenoxy) is 3. The molecule has 0 aliphatic heterocycles. The SMILES string of the molecule is CCOc1cc(CNc2ccc(OC)cc2)cc(Br)c1OCc1ccc([N+](=O)[O-])cc1. The first kappa shape index (κ1) is 22.4. The molecule has 0 spiro atoms. The highest BCUT2D eigenvalue weighted by Gasteiger charge is 2.13. The molecular weight excluding hydrogens is 464 g/mol. The van der Waals surface area contributed by atoms with Gasteiger partial charge in [-0.1, -0.05) is 0 Å². The van der Waals surface area contributed by atoms with Crippen LogP contribution in [0.5, 0.6) is 17.2 Å². The van der Waals surface area contributed by atoms with Crippen LogP contribution >= 0.6 is 15.9 Å². The number of nitro groups is 1. The molecule has 0 heterocycles. The van der Waals surface area contributed by atoms with E-state index in [0.717, 1.165) is 27.0 Å². The summed E-state index contributed by atoms with van der Waals surface area (Å²) >= 11 is 3.58. The molecule has 0 fully saturated rings. The molecule has 3 rings (SSSR count). The summed E-state index contributed by atoms with van der Waals surface area (Å²) in [5.74, 6) is 2.03. The summed E-state index contributed by atoms with van der Waals surface area (Å²) in [6, 6.07) is 17.9. The molecule has 0 aromatic heterocycles. The zero-order valence-electron chi connectivity index (χ0n) is 17.3. The summed E-state index contributed by atoms with van der Waals surface area (Å²) < 4.78 is 17.7. The number of nitro benzene ring substituents is 1. The van der Waals surface area contributed by atoms with Gasteiger partial charge in [-0.15, -0.1) is 0 Å². The van der Waals surface area contributed by atoms with E-state index in [0.29, 0.717) is 24.7 Å². The minimum Gasteiger partial charge on any atom is -0.497 e. The molecule has 31 heavy (non-hydrogen) atoms. The number of halogens is 1. The van der Waals surface area contributed by atoms with Crippen LogP contribution in [0.15, 0.2) is 65.1 Å². The van der Waals surface area contributed by atoms with Gasteiger partial charge in [0.15, 0.2) is 11.5 Å². The highest BCUT2D eigenvalue weighted by Crippen LogP contribution is 2.37. The summed E-state index contributed by atoms with van der Waals surface area (Å²) in [6.45, 7) is 3.28. The fourth-order valence-corrected chi connectivity index (χ4v) is 3.51. The Morgan fingerprint density at radius 3 is 2.32 bits per heavy atom. The molecular formula is C23H23BrN2O5. The Hall–Kier alpha value is -3.26.